The zero-order chi connectivity index (χ0) is 17.1. The molecule has 0 unspecified atom stereocenters. The van der Waals surface area contributed by atoms with Crippen LogP contribution in [0.5, 0.6) is 0 Å². The second-order valence-corrected chi connectivity index (χ2v) is 6.83. The van der Waals surface area contributed by atoms with Crippen LogP contribution in [0.25, 0.3) is 11.2 Å². The molecule has 2 saturated heterocycles. The average Bonchev–Trinajstić information content (AvgIpc) is 3.12. The van der Waals surface area contributed by atoms with E-state index in [1.807, 2.05) is 18.4 Å². The number of ether oxygens (including phenoxy) is 4. The molecule has 0 bridgehead atoms. The Hall–Kier alpha value is -1.32. The zero-order valence-electron chi connectivity index (χ0n) is 13.9. The Bertz CT molecular complexity index is 780. The molecule has 0 aromatic carbocycles. The van der Waals surface area contributed by atoms with Crippen LogP contribution in [-0.4, -0.2) is 57.3 Å². The van der Waals surface area contributed by atoms with Crippen molar-refractivity contribution in [1.29, 1.82) is 0 Å². The number of aryl methyl sites for hydroxylation is 1. The Morgan fingerprint density at radius 3 is 2.79 bits per heavy atom. The third kappa shape index (κ3) is 2.49. The molecule has 4 atom stereocenters. The van der Waals surface area contributed by atoms with Crippen molar-refractivity contribution in [2.75, 3.05) is 13.7 Å². The summed E-state index contributed by atoms with van der Waals surface area (Å²) >= 11 is 6.17. The molecule has 24 heavy (non-hydrogen) atoms. The Morgan fingerprint density at radius 2 is 2.04 bits per heavy atom. The predicted octanol–water partition coefficient (Wildman–Crippen LogP) is 1.85. The van der Waals surface area contributed by atoms with Gasteiger partial charge >= 0.3 is 0 Å². The zero-order valence-corrected chi connectivity index (χ0v) is 14.6. The number of methoxy groups -OCH3 is 1. The molecular weight excluding hydrogens is 336 g/mol. The third-order valence-corrected chi connectivity index (χ3v) is 4.48. The molecular formula is C15H19ClN4O4. The Morgan fingerprint density at radius 1 is 1.29 bits per heavy atom. The second-order valence-electron chi connectivity index (χ2n) is 6.47. The largest absolute Gasteiger partial charge is 0.382 e. The number of fused-ring (bicyclic) bond motifs is 2. The molecule has 2 aliphatic heterocycles. The summed E-state index contributed by atoms with van der Waals surface area (Å²) in [6.07, 6.45) is 0.485. The van der Waals surface area contributed by atoms with Crippen molar-refractivity contribution >= 4 is 22.8 Å². The van der Waals surface area contributed by atoms with Crippen molar-refractivity contribution in [2.45, 2.75) is 51.1 Å². The van der Waals surface area contributed by atoms with Gasteiger partial charge in [-0.15, -0.1) is 0 Å². The molecule has 0 saturated carbocycles. The van der Waals surface area contributed by atoms with Gasteiger partial charge in [0.15, 0.2) is 22.8 Å². The van der Waals surface area contributed by atoms with Gasteiger partial charge in [-0.2, -0.15) is 0 Å². The second kappa shape index (κ2) is 5.60. The lowest BCUT2D eigenvalue weighted by atomic mass is 10.1. The summed E-state index contributed by atoms with van der Waals surface area (Å²) in [4.78, 5) is 12.9. The number of imidazole rings is 1. The van der Waals surface area contributed by atoms with Gasteiger partial charge in [-0.25, -0.2) is 15.0 Å². The molecule has 2 aromatic heterocycles. The van der Waals surface area contributed by atoms with E-state index in [2.05, 4.69) is 15.0 Å². The molecule has 2 aromatic rings. The maximum atomic E-state index is 6.17. The molecule has 0 radical (unpaired) electrons. The van der Waals surface area contributed by atoms with Crippen LogP contribution in [0.4, 0.5) is 0 Å². The van der Waals surface area contributed by atoms with Crippen molar-refractivity contribution in [3.05, 3.63) is 17.3 Å². The van der Waals surface area contributed by atoms with Crippen molar-refractivity contribution in [2.24, 2.45) is 0 Å². The van der Waals surface area contributed by atoms with E-state index < -0.39 is 12.0 Å². The molecule has 0 aliphatic carbocycles. The van der Waals surface area contributed by atoms with Crippen LogP contribution < -0.4 is 0 Å². The highest BCUT2D eigenvalue weighted by Crippen LogP contribution is 2.43. The molecule has 2 aliphatic rings. The summed E-state index contributed by atoms with van der Waals surface area (Å²) in [6.45, 7) is 5.98. The minimum Gasteiger partial charge on any atom is -0.382 e. The van der Waals surface area contributed by atoms with Gasteiger partial charge in [0.1, 0.15) is 29.7 Å². The molecule has 0 spiro atoms. The standard InChI is InChI=1S/C15H19ClN4O4/c1-7-18-12(16)9-13(19-7)20(6-17-9)14-11-10(8(22-14)5-21-4)23-15(2,3)24-11/h6,8,10-11,14H,5H2,1-4H3/t8-,10-,11-,14-/m1/s1. The number of hydrogen-bond acceptors (Lipinski definition) is 7. The van der Waals surface area contributed by atoms with Gasteiger partial charge in [-0.05, 0) is 20.8 Å². The van der Waals surface area contributed by atoms with Gasteiger partial charge in [0.25, 0.3) is 0 Å². The summed E-state index contributed by atoms with van der Waals surface area (Å²) in [5.41, 5.74) is 1.15. The molecule has 4 heterocycles. The average molecular weight is 355 g/mol. The first-order valence-corrected chi connectivity index (χ1v) is 8.14. The van der Waals surface area contributed by atoms with Crippen molar-refractivity contribution in [3.8, 4) is 0 Å². The number of nitrogens with zero attached hydrogens (tertiary/aromatic N) is 4. The van der Waals surface area contributed by atoms with E-state index in [1.165, 1.54) is 0 Å². The van der Waals surface area contributed by atoms with Gasteiger partial charge in [-0.3, -0.25) is 4.57 Å². The summed E-state index contributed by atoms with van der Waals surface area (Å²) in [5, 5.41) is 0.322. The lowest BCUT2D eigenvalue weighted by molar-refractivity contribution is -0.200. The van der Waals surface area contributed by atoms with E-state index in [-0.39, 0.29) is 18.3 Å². The van der Waals surface area contributed by atoms with Gasteiger partial charge in [0.2, 0.25) is 0 Å². The molecule has 0 N–H and O–H groups in total. The van der Waals surface area contributed by atoms with Crippen molar-refractivity contribution < 1.29 is 18.9 Å². The maximum absolute atomic E-state index is 6.17. The van der Waals surface area contributed by atoms with E-state index in [0.29, 0.717) is 28.7 Å². The van der Waals surface area contributed by atoms with Crippen LogP contribution in [-0.2, 0) is 18.9 Å². The minimum atomic E-state index is -0.678. The quantitative estimate of drug-likeness (QED) is 0.778. The van der Waals surface area contributed by atoms with Crippen molar-refractivity contribution in [3.63, 3.8) is 0 Å². The highest BCUT2D eigenvalue weighted by atomic mass is 35.5. The van der Waals surface area contributed by atoms with Gasteiger partial charge in [-0.1, -0.05) is 11.6 Å². The summed E-state index contributed by atoms with van der Waals surface area (Å²) in [7, 11) is 1.63. The fourth-order valence-electron chi connectivity index (χ4n) is 3.35. The highest BCUT2D eigenvalue weighted by molar-refractivity contribution is 6.33. The van der Waals surface area contributed by atoms with Gasteiger partial charge in [0, 0.05) is 7.11 Å². The molecule has 130 valence electrons. The van der Waals surface area contributed by atoms with Crippen LogP contribution in [0.2, 0.25) is 5.15 Å². The topological polar surface area (TPSA) is 80.5 Å². The van der Waals surface area contributed by atoms with E-state index in [9.17, 15) is 0 Å². The predicted molar refractivity (Wildman–Crippen MR) is 84.7 cm³/mol. The Labute approximate surface area is 144 Å². The monoisotopic (exact) mass is 354 g/mol. The van der Waals surface area contributed by atoms with Crippen LogP contribution in [0.15, 0.2) is 6.33 Å². The van der Waals surface area contributed by atoms with Crippen LogP contribution in [0, 0.1) is 6.92 Å². The Balaban J connectivity index is 1.76. The van der Waals surface area contributed by atoms with Gasteiger partial charge in [0.05, 0.1) is 12.9 Å². The summed E-state index contributed by atoms with van der Waals surface area (Å²) in [6, 6.07) is 0. The number of hydrogen-bond donors (Lipinski definition) is 0. The molecule has 4 rings (SSSR count). The Kier molecular flexibility index (Phi) is 3.77. The first kappa shape index (κ1) is 16.2. The van der Waals surface area contributed by atoms with Crippen LogP contribution in [0.1, 0.15) is 25.9 Å². The minimum absolute atomic E-state index is 0.221. The normalized spacial score (nSPS) is 31.7. The summed E-state index contributed by atoms with van der Waals surface area (Å²) < 4.78 is 25.3. The smallest absolute Gasteiger partial charge is 0.167 e. The fraction of sp³-hybridized carbons (Fsp3) is 0.667. The lowest BCUT2D eigenvalue weighted by Gasteiger charge is -2.24. The lowest BCUT2D eigenvalue weighted by Crippen LogP contribution is -2.32. The third-order valence-electron chi connectivity index (χ3n) is 4.22. The van der Waals surface area contributed by atoms with Gasteiger partial charge < -0.3 is 18.9 Å². The summed E-state index contributed by atoms with van der Waals surface area (Å²) in [5.74, 6) is -0.108. The maximum Gasteiger partial charge on any atom is 0.167 e. The number of rotatable bonds is 3. The van der Waals surface area contributed by atoms with Crippen molar-refractivity contribution in [1.82, 2.24) is 19.5 Å². The van der Waals surface area contributed by atoms with Crippen LogP contribution >= 0.6 is 11.6 Å². The van der Waals surface area contributed by atoms with E-state index in [0.717, 1.165) is 0 Å². The first-order chi connectivity index (χ1) is 11.4. The highest BCUT2D eigenvalue weighted by Gasteiger charge is 2.56. The van der Waals surface area contributed by atoms with Crippen LogP contribution in [0.3, 0.4) is 0 Å². The van der Waals surface area contributed by atoms with E-state index in [1.54, 1.807) is 20.4 Å². The fourth-order valence-corrected chi connectivity index (χ4v) is 3.61. The first-order valence-electron chi connectivity index (χ1n) is 7.76. The molecule has 2 fully saturated rings. The number of aromatic nitrogens is 4. The molecule has 9 heteroatoms. The van der Waals surface area contributed by atoms with E-state index >= 15 is 0 Å². The molecule has 8 nitrogen and oxygen atoms in total. The SMILES string of the molecule is COC[C@H]1O[C@@H](n2cnc3c(Cl)nc(C)nc32)[C@@H]2OC(C)(C)O[C@@H]21. The van der Waals surface area contributed by atoms with E-state index in [4.69, 9.17) is 30.5 Å². The number of halogens is 1. The molecule has 0 amide bonds.